The number of nitrogens with one attached hydrogen (secondary N) is 2. The first-order chi connectivity index (χ1) is 11.7. The molecule has 0 atom stereocenters. The van der Waals surface area contributed by atoms with Crippen LogP contribution in [-0.2, 0) is 20.7 Å². The van der Waals surface area contributed by atoms with Gasteiger partial charge in [-0.3, -0.25) is 19.7 Å². The van der Waals surface area contributed by atoms with Crippen LogP contribution in [0.5, 0.6) is 5.75 Å². The van der Waals surface area contributed by atoms with Gasteiger partial charge in [0.1, 0.15) is 5.75 Å². The van der Waals surface area contributed by atoms with Crippen molar-refractivity contribution in [3.05, 3.63) is 29.3 Å². The summed E-state index contributed by atoms with van der Waals surface area (Å²) in [6.45, 7) is 4.31. The molecule has 0 bridgehead atoms. The molecular formula is C17H22N2O6. The Bertz CT molecular complexity index is 669. The van der Waals surface area contributed by atoms with Crippen LogP contribution in [0.1, 0.15) is 36.7 Å². The van der Waals surface area contributed by atoms with E-state index in [1.54, 1.807) is 32.0 Å². The number of Topliss-reactive ketones (excluding diaryl/α,β-unsaturated/α-hetero) is 1. The summed E-state index contributed by atoms with van der Waals surface area (Å²) in [5, 5.41) is 4.51. The summed E-state index contributed by atoms with van der Waals surface area (Å²) in [5.41, 5.74) is 0.907. The van der Waals surface area contributed by atoms with Crippen LogP contribution in [-0.4, -0.2) is 43.4 Å². The van der Waals surface area contributed by atoms with E-state index < -0.39 is 24.5 Å². The van der Waals surface area contributed by atoms with Gasteiger partial charge in [-0.1, -0.05) is 0 Å². The van der Waals surface area contributed by atoms with Crippen LogP contribution in [0.4, 0.5) is 4.79 Å². The van der Waals surface area contributed by atoms with Gasteiger partial charge in [0, 0.05) is 17.2 Å². The van der Waals surface area contributed by atoms with Gasteiger partial charge in [0.05, 0.1) is 13.5 Å². The Labute approximate surface area is 145 Å². The van der Waals surface area contributed by atoms with E-state index in [1.807, 2.05) is 5.32 Å². The Balaban J connectivity index is 2.59. The van der Waals surface area contributed by atoms with Crippen molar-refractivity contribution >= 4 is 23.7 Å². The zero-order chi connectivity index (χ0) is 19.0. The molecule has 0 radical (unpaired) electrons. The van der Waals surface area contributed by atoms with Gasteiger partial charge in [0.15, 0.2) is 12.4 Å². The molecule has 3 amide bonds. The van der Waals surface area contributed by atoms with Gasteiger partial charge < -0.3 is 14.8 Å². The van der Waals surface area contributed by atoms with Gasteiger partial charge in [0.2, 0.25) is 0 Å². The predicted molar refractivity (Wildman–Crippen MR) is 89.5 cm³/mol. The van der Waals surface area contributed by atoms with E-state index in [9.17, 15) is 19.2 Å². The second kappa shape index (κ2) is 9.41. The van der Waals surface area contributed by atoms with Crippen LogP contribution in [0, 0.1) is 0 Å². The van der Waals surface area contributed by atoms with Crippen molar-refractivity contribution in [2.75, 3.05) is 13.7 Å². The second-order valence-corrected chi connectivity index (χ2v) is 5.60. The van der Waals surface area contributed by atoms with Crippen LogP contribution in [0.3, 0.4) is 0 Å². The first kappa shape index (κ1) is 20.1. The normalized spacial score (nSPS) is 10.1. The number of carbonyl (C=O) groups excluding carboxylic acids is 4. The lowest BCUT2D eigenvalue weighted by Gasteiger charge is -2.11. The topological polar surface area (TPSA) is 111 Å². The average Bonchev–Trinajstić information content (AvgIpc) is 2.51. The highest BCUT2D eigenvalue weighted by molar-refractivity contribution is 5.96. The molecule has 0 aliphatic rings. The summed E-state index contributed by atoms with van der Waals surface area (Å²) in [4.78, 5) is 46.2. The van der Waals surface area contributed by atoms with E-state index in [1.165, 1.54) is 14.0 Å². The largest absolute Gasteiger partial charge is 0.496 e. The molecule has 136 valence electrons. The number of carbonyl (C=O) groups is 4. The van der Waals surface area contributed by atoms with Gasteiger partial charge in [0.25, 0.3) is 5.91 Å². The minimum absolute atomic E-state index is 0.128. The Kier molecular flexibility index (Phi) is 7.58. The molecule has 0 saturated heterocycles. The van der Waals surface area contributed by atoms with Crippen LogP contribution in [0.2, 0.25) is 0 Å². The van der Waals surface area contributed by atoms with Gasteiger partial charge in [-0.2, -0.15) is 0 Å². The standard InChI is InChI=1S/C17H22N2O6/c1-10(2)18-17(23)19-15(21)9-25-16(22)8-13-7-12(11(3)20)5-6-14(13)24-4/h5-7,10H,8-9H2,1-4H3,(H2,18,19,21,23). The smallest absolute Gasteiger partial charge is 0.321 e. The quantitative estimate of drug-likeness (QED) is 0.565. The maximum absolute atomic E-state index is 11.9. The Morgan fingerprint density at radius 1 is 1.16 bits per heavy atom. The number of hydrogen-bond acceptors (Lipinski definition) is 6. The minimum Gasteiger partial charge on any atom is -0.496 e. The number of ketones is 1. The molecule has 0 heterocycles. The Morgan fingerprint density at radius 3 is 2.40 bits per heavy atom. The molecule has 1 aromatic rings. The number of ether oxygens (including phenoxy) is 2. The van der Waals surface area contributed by atoms with E-state index in [0.29, 0.717) is 16.9 Å². The minimum atomic E-state index is -0.740. The zero-order valence-electron chi connectivity index (χ0n) is 14.7. The third-order valence-electron chi connectivity index (χ3n) is 3.06. The Morgan fingerprint density at radius 2 is 1.84 bits per heavy atom. The maximum atomic E-state index is 11.9. The summed E-state index contributed by atoms with van der Waals surface area (Å²) >= 11 is 0. The number of esters is 1. The highest BCUT2D eigenvalue weighted by Crippen LogP contribution is 2.21. The van der Waals surface area contributed by atoms with Gasteiger partial charge >= 0.3 is 12.0 Å². The summed E-state index contributed by atoms with van der Waals surface area (Å²) in [6.07, 6.45) is -0.171. The number of methoxy groups -OCH3 is 1. The molecule has 1 aromatic carbocycles. The van der Waals surface area contributed by atoms with Crippen molar-refractivity contribution in [3.63, 3.8) is 0 Å². The lowest BCUT2D eigenvalue weighted by molar-refractivity contribution is -0.147. The fraction of sp³-hybridized carbons (Fsp3) is 0.412. The van der Waals surface area contributed by atoms with E-state index >= 15 is 0 Å². The molecule has 0 spiro atoms. The number of benzene rings is 1. The van der Waals surface area contributed by atoms with Gasteiger partial charge in [-0.05, 0) is 39.0 Å². The molecule has 8 nitrogen and oxygen atoms in total. The molecule has 2 N–H and O–H groups in total. The number of amides is 3. The van der Waals surface area contributed by atoms with Gasteiger partial charge in [-0.15, -0.1) is 0 Å². The summed E-state index contributed by atoms with van der Waals surface area (Å²) in [5.74, 6) is -1.13. The first-order valence-electron chi connectivity index (χ1n) is 7.66. The highest BCUT2D eigenvalue weighted by atomic mass is 16.5. The van der Waals surface area contributed by atoms with Crippen LogP contribution >= 0.6 is 0 Å². The molecule has 0 aromatic heterocycles. The molecule has 0 aliphatic heterocycles. The van der Waals surface area contributed by atoms with E-state index in [4.69, 9.17) is 9.47 Å². The molecule has 0 unspecified atom stereocenters. The van der Waals surface area contributed by atoms with Crippen molar-refractivity contribution in [1.82, 2.24) is 10.6 Å². The number of urea groups is 1. The van der Waals surface area contributed by atoms with Crippen molar-refractivity contribution < 1.29 is 28.7 Å². The van der Waals surface area contributed by atoms with Crippen LogP contribution in [0.15, 0.2) is 18.2 Å². The third-order valence-corrected chi connectivity index (χ3v) is 3.06. The SMILES string of the molecule is COc1ccc(C(C)=O)cc1CC(=O)OCC(=O)NC(=O)NC(C)C. The zero-order valence-corrected chi connectivity index (χ0v) is 14.7. The van der Waals surface area contributed by atoms with E-state index in [2.05, 4.69) is 5.32 Å². The lowest BCUT2D eigenvalue weighted by Crippen LogP contribution is -2.44. The van der Waals surface area contributed by atoms with Crippen molar-refractivity contribution in [1.29, 1.82) is 0 Å². The van der Waals surface area contributed by atoms with Gasteiger partial charge in [-0.25, -0.2) is 4.79 Å². The second-order valence-electron chi connectivity index (χ2n) is 5.60. The molecule has 0 saturated carbocycles. The molecule has 8 heteroatoms. The summed E-state index contributed by atoms with van der Waals surface area (Å²) in [6, 6.07) is 3.93. The van der Waals surface area contributed by atoms with Crippen molar-refractivity contribution in [3.8, 4) is 5.75 Å². The summed E-state index contributed by atoms with van der Waals surface area (Å²) in [7, 11) is 1.44. The molecule has 0 aliphatic carbocycles. The predicted octanol–water partition coefficient (Wildman–Crippen LogP) is 1.22. The van der Waals surface area contributed by atoms with E-state index in [0.717, 1.165) is 0 Å². The van der Waals surface area contributed by atoms with Crippen LogP contribution < -0.4 is 15.4 Å². The monoisotopic (exact) mass is 350 g/mol. The summed E-state index contributed by atoms with van der Waals surface area (Å²) < 4.78 is 9.99. The number of hydrogen-bond donors (Lipinski definition) is 2. The first-order valence-corrected chi connectivity index (χ1v) is 7.66. The maximum Gasteiger partial charge on any atom is 0.321 e. The number of imide groups is 1. The molecule has 0 fully saturated rings. The van der Waals surface area contributed by atoms with E-state index in [-0.39, 0.29) is 18.2 Å². The molecule has 25 heavy (non-hydrogen) atoms. The lowest BCUT2D eigenvalue weighted by atomic mass is 10.0. The highest BCUT2D eigenvalue weighted by Gasteiger charge is 2.15. The van der Waals surface area contributed by atoms with Crippen molar-refractivity contribution in [2.24, 2.45) is 0 Å². The fourth-order valence-corrected chi connectivity index (χ4v) is 1.95. The fourth-order valence-electron chi connectivity index (χ4n) is 1.95. The third kappa shape index (κ3) is 7.03. The molecule has 1 rings (SSSR count). The Hall–Kier alpha value is -2.90. The number of rotatable bonds is 7. The van der Waals surface area contributed by atoms with Crippen LogP contribution in [0.25, 0.3) is 0 Å². The van der Waals surface area contributed by atoms with Crippen molar-refractivity contribution in [2.45, 2.75) is 33.2 Å². The molecular weight excluding hydrogens is 328 g/mol. The average molecular weight is 350 g/mol.